The minimum Gasteiger partial charge on any atom is -0.358 e. The summed E-state index contributed by atoms with van der Waals surface area (Å²) >= 11 is 5.82. The van der Waals surface area contributed by atoms with Crippen LogP contribution in [0.3, 0.4) is 0 Å². The van der Waals surface area contributed by atoms with E-state index in [2.05, 4.69) is 37.3 Å². The lowest BCUT2D eigenvalue weighted by molar-refractivity contribution is -0.137. The zero-order valence-electron chi connectivity index (χ0n) is 21.3. The summed E-state index contributed by atoms with van der Waals surface area (Å²) in [7, 11) is 0. The minimum absolute atomic E-state index is 0.0827. The molecule has 1 aliphatic rings. The van der Waals surface area contributed by atoms with E-state index in [1.807, 2.05) is 6.92 Å². The first-order chi connectivity index (χ1) is 18.7. The van der Waals surface area contributed by atoms with Crippen LogP contribution >= 0.6 is 11.6 Å². The summed E-state index contributed by atoms with van der Waals surface area (Å²) in [6.07, 6.45) is 5.59. The first kappa shape index (κ1) is 27.6. The van der Waals surface area contributed by atoms with Gasteiger partial charge in [0.05, 0.1) is 18.9 Å². The van der Waals surface area contributed by atoms with Gasteiger partial charge in [-0.2, -0.15) is 0 Å². The molecule has 3 aromatic rings. The lowest BCUT2D eigenvalue weighted by atomic mass is 10.1. The Morgan fingerprint density at radius 1 is 1.26 bits per heavy atom. The number of halogens is 2. The number of anilines is 2. The molecular formula is C26H26ClFN8O3. The third-order valence-electron chi connectivity index (χ3n) is 6.05. The van der Waals surface area contributed by atoms with Gasteiger partial charge >= 0.3 is 0 Å². The molecule has 2 aromatic heterocycles. The molecule has 0 spiro atoms. The van der Waals surface area contributed by atoms with Gasteiger partial charge in [-0.1, -0.05) is 11.6 Å². The van der Waals surface area contributed by atoms with Gasteiger partial charge in [0.2, 0.25) is 11.8 Å². The number of carbonyl (C=O) groups is 3. The number of amides is 2. The zero-order chi connectivity index (χ0) is 28.1. The maximum atomic E-state index is 14.4. The number of fused-ring (bicyclic) bond motifs is 1. The Kier molecular flexibility index (Phi) is 8.45. The molecular weight excluding hydrogens is 527 g/mol. The molecule has 202 valence electrons. The monoisotopic (exact) mass is 552 g/mol. The summed E-state index contributed by atoms with van der Waals surface area (Å²) in [4.78, 5) is 55.2. The molecule has 2 N–H and O–H groups in total. The predicted molar refractivity (Wildman–Crippen MR) is 148 cm³/mol. The molecule has 0 unspecified atom stereocenters. The van der Waals surface area contributed by atoms with Gasteiger partial charge in [0, 0.05) is 46.7 Å². The Morgan fingerprint density at radius 3 is 2.77 bits per heavy atom. The van der Waals surface area contributed by atoms with Crippen LogP contribution in [0.5, 0.6) is 0 Å². The summed E-state index contributed by atoms with van der Waals surface area (Å²) in [6, 6.07) is 4.35. The Bertz CT molecular complexity index is 1500. The first-order valence-electron chi connectivity index (χ1n) is 11.9. The number of likely N-dealkylation sites (tertiary alicyclic amines) is 1. The smallest absolute Gasteiger partial charge is 0.248 e. The van der Waals surface area contributed by atoms with Crippen molar-refractivity contribution in [3.8, 4) is 0 Å². The van der Waals surface area contributed by atoms with E-state index in [0.29, 0.717) is 22.2 Å². The van der Waals surface area contributed by atoms with E-state index in [1.165, 1.54) is 30.6 Å². The fraction of sp³-hybridized carbons (Fsp3) is 0.269. The number of ketones is 1. The highest BCUT2D eigenvalue weighted by molar-refractivity contribution is 6.29. The molecule has 0 aliphatic carbocycles. The molecule has 0 radical (unpaired) electrons. The number of Topliss-reactive ketones (excluding diaryl/α,β-unsaturated/α-hetero) is 1. The molecule has 1 saturated heterocycles. The second kappa shape index (κ2) is 11.9. The summed E-state index contributed by atoms with van der Waals surface area (Å²) in [5, 5.41) is 6.45. The van der Waals surface area contributed by atoms with E-state index in [9.17, 15) is 18.8 Å². The molecule has 2 atom stereocenters. The summed E-state index contributed by atoms with van der Waals surface area (Å²) in [5.74, 6) is -1.13. The normalized spacial score (nSPS) is 17.5. The maximum Gasteiger partial charge on any atom is 0.248 e. The Hall–Kier alpha value is -4.45. The van der Waals surface area contributed by atoms with Crippen LogP contribution in [0.1, 0.15) is 30.6 Å². The third-order valence-corrected chi connectivity index (χ3v) is 6.24. The number of aliphatic imine (C=N–C) groups is 2. The van der Waals surface area contributed by atoms with Crippen molar-refractivity contribution >= 4 is 64.7 Å². The number of alkyl halides is 1. The van der Waals surface area contributed by atoms with Gasteiger partial charge in [-0.05, 0) is 38.8 Å². The second-order valence-corrected chi connectivity index (χ2v) is 9.34. The maximum absolute atomic E-state index is 14.4. The molecule has 1 fully saturated rings. The Balaban J connectivity index is 1.56. The van der Waals surface area contributed by atoms with Crippen molar-refractivity contribution in [2.75, 3.05) is 17.2 Å². The van der Waals surface area contributed by atoms with Crippen LogP contribution in [-0.4, -0.2) is 68.8 Å². The standard InChI is InChI=1S/C26H26ClFN8O3/c1-15(8-31-14-29-3)32-18-4-5-21-19(7-18)20(16(2)37)12-35(21)13-25(38)36-11-17(28)6-22(36)26(39)34-24-10-30-9-23(27)33-24/h4-5,7-10,12,14,17,22,32H,3,6,11,13H2,1-2H3,(H,33,34,39)/b15-8+,31-14-/t17-,22+/m1/s1. The zero-order valence-corrected chi connectivity index (χ0v) is 22.0. The van der Waals surface area contributed by atoms with Gasteiger partial charge in [-0.25, -0.2) is 14.4 Å². The quantitative estimate of drug-likeness (QED) is 0.235. The van der Waals surface area contributed by atoms with Crippen molar-refractivity contribution in [2.24, 2.45) is 9.98 Å². The summed E-state index contributed by atoms with van der Waals surface area (Å²) < 4.78 is 16.0. The molecule has 11 nitrogen and oxygen atoms in total. The number of rotatable bonds is 9. The number of nitrogens with zero attached hydrogens (tertiary/aromatic N) is 6. The predicted octanol–water partition coefficient (Wildman–Crippen LogP) is 3.87. The number of benzene rings is 1. The average molecular weight is 553 g/mol. The van der Waals surface area contributed by atoms with E-state index in [1.54, 1.807) is 35.2 Å². The van der Waals surface area contributed by atoms with Crippen LogP contribution in [0.25, 0.3) is 10.9 Å². The minimum atomic E-state index is -1.36. The van der Waals surface area contributed by atoms with E-state index in [-0.39, 0.29) is 36.3 Å². The summed E-state index contributed by atoms with van der Waals surface area (Å²) in [6.45, 7) is 6.18. The van der Waals surface area contributed by atoms with Gasteiger partial charge in [0.25, 0.3) is 0 Å². The van der Waals surface area contributed by atoms with E-state index in [0.717, 1.165) is 5.70 Å². The molecule has 1 aromatic carbocycles. The fourth-order valence-corrected chi connectivity index (χ4v) is 4.54. The van der Waals surface area contributed by atoms with Crippen molar-refractivity contribution in [1.82, 2.24) is 19.4 Å². The molecule has 39 heavy (non-hydrogen) atoms. The number of nitrogens with one attached hydrogen (secondary N) is 2. The fourth-order valence-electron chi connectivity index (χ4n) is 4.40. The lowest BCUT2D eigenvalue weighted by Crippen LogP contribution is -2.44. The average Bonchev–Trinajstić information content (AvgIpc) is 3.45. The number of aromatic nitrogens is 3. The van der Waals surface area contributed by atoms with E-state index < -0.39 is 24.0 Å². The van der Waals surface area contributed by atoms with Crippen LogP contribution in [0.4, 0.5) is 15.9 Å². The molecule has 1 aliphatic heterocycles. The number of hydrogen-bond acceptors (Lipinski definition) is 7. The van der Waals surface area contributed by atoms with Crippen molar-refractivity contribution in [1.29, 1.82) is 0 Å². The molecule has 0 bridgehead atoms. The molecule has 13 heteroatoms. The summed E-state index contributed by atoms with van der Waals surface area (Å²) in [5.41, 5.74) is 2.51. The topological polar surface area (TPSA) is 134 Å². The van der Waals surface area contributed by atoms with Crippen LogP contribution in [0.15, 0.2) is 58.7 Å². The molecule has 2 amide bonds. The lowest BCUT2D eigenvalue weighted by Gasteiger charge is -2.24. The number of allylic oxidation sites excluding steroid dienone is 1. The van der Waals surface area contributed by atoms with Gasteiger partial charge in [0.15, 0.2) is 11.6 Å². The van der Waals surface area contributed by atoms with E-state index >= 15 is 0 Å². The van der Waals surface area contributed by atoms with Crippen molar-refractivity contribution in [2.45, 2.75) is 39.0 Å². The van der Waals surface area contributed by atoms with Gasteiger partial charge < -0.3 is 20.1 Å². The van der Waals surface area contributed by atoms with Gasteiger partial charge in [-0.3, -0.25) is 24.4 Å². The molecule has 4 rings (SSSR count). The number of hydrogen-bond donors (Lipinski definition) is 2. The number of carbonyl (C=O) groups excluding carboxylic acids is 3. The van der Waals surface area contributed by atoms with Crippen molar-refractivity contribution in [3.63, 3.8) is 0 Å². The van der Waals surface area contributed by atoms with Gasteiger partial charge in [0.1, 0.15) is 30.2 Å². The second-order valence-electron chi connectivity index (χ2n) is 8.95. The Morgan fingerprint density at radius 2 is 2.05 bits per heavy atom. The van der Waals surface area contributed by atoms with Gasteiger partial charge in [-0.15, -0.1) is 0 Å². The highest BCUT2D eigenvalue weighted by atomic mass is 35.5. The first-order valence-corrected chi connectivity index (χ1v) is 12.3. The van der Waals surface area contributed by atoms with Crippen LogP contribution < -0.4 is 10.6 Å². The molecule has 0 saturated carbocycles. The third kappa shape index (κ3) is 6.52. The SMILES string of the molecule is C=N/C=N\C=C(/C)Nc1ccc2c(c1)c(C(C)=O)cn2CC(=O)N1C[C@H](F)C[C@H]1C(=O)Nc1cncc(Cl)n1. The van der Waals surface area contributed by atoms with E-state index in [4.69, 9.17) is 11.6 Å². The van der Waals surface area contributed by atoms with Crippen molar-refractivity contribution < 1.29 is 18.8 Å². The highest BCUT2D eigenvalue weighted by Gasteiger charge is 2.40. The Labute approximate surface area is 228 Å². The van der Waals surface area contributed by atoms with Crippen LogP contribution in [-0.2, 0) is 16.1 Å². The molecule has 3 heterocycles. The van der Waals surface area contributed by atoms with Crippen LogP contribution in [0, 0.1) is 0 Å². The highest BCUT2D eigenvalue weighted by Crippen LogP contribution is 2.28. The largest absolute Gasteiger partial charge is 0.358 e. The van der Waals surface area contributed by atoms with Crippen molar-refractivity contribution in [3.05, 3.63) is 59.4 Å². The van der Waals surface area contributed by atoms with Crippen LogP contribution in [0.2, 0.25) is 5.15 Å².